The Bertz CT molecular complexity index is 930. The fraction of sp³-hybridized carbons (Fsp3) is 0.316. The minimum absolute atomic E-state index is 0. The van der Waals surface area contributed by atoms with E-state index in [1.165, 1.54) is 31.2 Å². The van der Waals surface area contributed by atoms with Crippen molar-refractivity contribution in [2.45, 2.75) is 30.7 Å². The lowest BCUT2D eigenvalue weighted by molar-refractivity contribution is 0.0930. The predicted molar refractivity (Wildman–Crippen MR) is 109 cm³/mol. The van der Waals surface area contributed by atoms with Crippen LogP contribution in [-0.4, -0.2) is 33.5 Å². The number of sulfonamides is 1. The van der Waals surface area contributed by atoms with Gasteiger partial charge in [0.05, 0.1) is 4.90 Å². The van der Waals surface area contributed by atoms with Crippen LogP contribution in [0, 0.1) is 12.7 Å². The third kappa shape index (κ3) is 5.43. The topological polar surface area (TPSA) is 87.3 Å². The second-order valence-corrected chi connectivity index (χ2v) is 8.29. The number of rotatable bonds is 5. The quantitative estimate of drug-likeness (QED) is 0.684. The largest absolute Gasteiger partial charge is 0.348 e. The molecule has 0 bridgehead atoms. The van der Waals surface area contributed by atoms with E-state index in [9.17, 15) is 17.6 Å². The molecule has 3 N–H and O–H groups in total. The van der Waals surface area contributed by atoms with E-state index in [4.69, 9.17) is 0 Å². The molecule has 1 fully saturated rings. The van der Waals surface area contributed by atoms with Crippen molar-refractivity contribution in [1.82, 2.24) is 10.6 Å². The fourth-order valence-corrected chi connectivity index (χ4v) is 4.08. The van der Waals surface area contributed by atoms with Gasteiger partial charge in [-0.3, -0.25) is 9.52 Å². The number of hydrogen-bond donors (Lipinski definition) is 3. The molecule has 1 amide bonds. The average Bonchev–Trinajstić information content (AvgIpc) is 2.65. The van der Waals surface area contributed by atoms with Crippen LogP contribution in [0.2, 0.25) is 0 Å². The molecule has 0 aromatic heterocycles. The van der Waals surface area contributed by atoms with Gasteiger partial charge in [0, 0.05) is 23.8 Å². The van der Waals surface area contributed by atoms with Crippen molar-refractivity contribution in [3.8, 4) is 0 Å². The first-order valence-corrected chi connectivity index (χ1v) is 10.2. The molecule has 0 unspecified atom stereocenters. The van der Waals surface area contributed by atoms with Crippen molar-refractivity contribution in [1.29, 1.82) is 0 Å². The smallest absolute Gasteiger partial charge is 0.261 e. The summed E-state index contributed by atoms with van der Waals surface area (Å²) in [5.41, 5.74) is 1.04. The van der Waals surface area contributed by atoms with E-state index >= 15 is 0 Å². The Morgan fingerprint density at radius 2 is 1.89 bits per heavy atom. The predicted octanol–water partition coefficient (Wildman–Crippen LogP) is 2.84. The first kappa shape index (κ1) is 22.1. The molecule has 28 heavy (non-hydrogen) atoms. The molecule has 6 nitrogen and oxygen atoms in total. The van der Waals surface area contributed by atoms with Gasteiger partial charge in [0.2, 0.25) is 0 Å². The summed E-state index contributed by atoms with van der Waals surface area (Å²) in [6, 6.07) is 9.91. The summed E-state index contributed by atoms with van der Waals surface area (Å²) in [5, 5.41) is 6.20. The molecular weight excluding hydrogens is 405 g/mol. The van der Waals surface area contributed by atoms with Crippen LogP contribution < -0.4 is 15.4 Å². The lowest BCUT2D eigenvalue weighted by atomic mass is 10.1. The summed E-state index contributed by atoms with van der Waals surface area (Å²) in [7, 11) is -3.83. The molecule has 1 aliphatic rings. The highest BCUT2D eigenvalue weighted by Crippen LogP contribution is 2.19. The van der Waals surface area contributed by atoms with Crippen molar-refractivity contribution in [3.05, 3.63) is 59.4 Å². The first-order chi connectivity index (χ1) is 12.8. The maximum Gasteiger partial charge on any atom is 0.261 e. The summed E-state index contributed by atoms with van der Waals surface area (Å²) in [4.78, 5) is 12.3. The number of carbonyl (C=O) groups is 1. The van der Waals surface area contributed by atoms with Gasteiger partial charge in [-0.05, 0) is 74.3 Å². The second-order valence-electron chi connectivity index (χ2n) is 6.61. The molecule has 0 spiro atoms. The van der Waals surface area contributed by atoms with E-state index in [0.717, 1.165) is 32.0 Å². The molecule has 2 aromatic carbocycles. The zero-order valence-electron chi connectivity index (χ0n) is 15.4. The highest BCUT2D eigenvalue weighted by atomic mass is 35.5. The Hall–Kier alpha value is -2.16. The summed E-state index contributed by atoms with van der Waals surface area (Å²) in [6.45, 7) is 3.22. The van der Waals surface area contributed by atoms with E-state index < -0.39 is 15.8 Å². The van der Waals surface area contributed by atoms with Crippen LogP contribution in [0.15, 0.2) is 47.4 Å². The van der Waals surface area contributed by atoms with Crippen LogP contribution in [0.4, 0.5) is 10.1 Å². The zero-order chi connectivity index (χ0) is 19.4. The van der Waals surface area contributed by atoms with Crippen LogP contribution in [0.1, 0.15) is 28.8 Å². The summed E-state index contributed by atoms with van der Waals surface area (Å²) in [6.07, 6.45) is 1.96. The average molecular weight is 428 g/mol. The SMILES string of the molecule is Cc1cc(S(=O)(=O)Nc2ccc(C(=O)N[C@H]3CCCNC3)cc2)ccc1F.Cl. The Morgan fingerprint density at radius 3 is 2.50 bits per heavy atom. The minimum atomic E-state index is -3.83. The Morgan fingerprint density at radius 1 is 1.18 bits per heavy atom. The number of piperidine rings is 1. The number of halogens is 2. The van der Waals surface area contributed by atoms with E-state index in [2.05, 4.69) is 15.4 Å². The van der Waals surface area contributed by atoms with Crippen LogP contribution in [-0.2, 0) is 10.0 Å². The second kappa shape index (κ2) is 9.36. The van der Waals surface area contributed by atoms with E-state index in [-0.39, 0.29) is 34.8 Å². The molecule has 1 heterocycles. The lowest BCUT2D eigenvalue weighted by Crippen LogP contribution is -2.45. The van der Waals surface area contributed by atoms with Gasteiger partial charge in [-0.2, -0.15) is 0 Å². The van der Waals surface area contributed by atoms with Gasteiger partial charge < -0.3 is 10.6 Å². The standard InChI is InChI=1S/C19H22FN3O3S.ClH/c1-13-11-17(8-9-18(13)20)27(25,26)23-15-6-4-14(5-7-15)19(24)22-16-3-2-10-21-12-16;/h4-9,11,16,21,23H,2-3,10,12H2,1H3,(H,22,24);1H/t16-;/m0./s1. The maximum absolute atomic E-state index is 13.3. The number of amides is 1. The molecule has 0 radical (unpaired) electrons. The fourth-order valence-electron chi connectivity index (χ4n) is 2.93. The molecule has 1 atom stereocenters. The van der Waals surface area contributed by atoms with E-state index in [1.807, 2.05) is 0 Å². The molecule has 9 heteroatoms. The Balaban J connectivity index is 0.00000280. The third-order valence-corrected chi connectivity index (χ3v) is 5.85. The van der Waals surface area contributed by atoms with E-state index in [0.29, 0.717) is 11.3 Å². The van der Waals surface area contributed by atoms with Crippen LogP contribution >= 0.6 is 12.4 Å². The lowest BCUT2D eigenvalue weighted by Gasteiger charge is -2.23. The normalized spacial score (nSPS) is 16.7. The highest BCUT2D eigenvalue weighted by molar-refractivity contribution is 7.92. The molecule has 1 saturated heterocycles. The third-order valence-electron chi connectivity index (χ3n) is 4.47. The van der Waals surface area contributed by atoms with Gasteiger partial charge in [0.1, 0.15) is 5.82 Å². The summed E-state index contributed by atoms with van der Waals surface area (Å²) in [5.74, 6) is -0.648. The van der Waals surface area contributed by atoms with Crippen molar-refractivity contribution in [2.75, 3.05) is 17.8 Å². The number of anilines is 1. The number of aryl methyl sites for hydroxylation is 1. The monoisotopic (exact) mass is 427 g/mol. The number of benzene rings is 2. The van der Waals surface area contributed by atoms with Crippen LogP contribution in [0.25, 0.3) is 0 Å². The molecule has 2 aromatic rings. The number of nitrogens with one attached hydrogen (secondary N) is 3. The molecular formula is C19H23ClFN3O3S. The zero-order valence-corrected chi connectivity index (χ0v) is 17.0. The molecule has 0 aliphatic carbocycles. The van der Waals surface area contributed by atoms with Gasteiger partial charge >= 0.3 is 0 Å². The van der Waals surface area contributed by atoms with Crippen molar-refractivity contribution < 1.29 is 17.6 Å². The molecule has 3 rings (SSSR count). The van der Waals surface area contributed by atoms with Crippen LogP contribution in [0.5, 0.6) is 0 Å². The van der Waals surface area contributed by atoms with Crippen molar-refractivity contribution >= 4 is 34.0 Å². The minimum Gasteiger partial charge on any atom is -0.348 e. The Kier molecular flexibility index (Phi) is 7.40. The van der Waals surface area contributed by atoms with Crippen molar-refractivity contribution in [2.24, 2.45) is 0 Å². The number of carbonyl (C=O) groups excluding carboxylic acids is 1. The summed E-state index contributed by atoms with van der Waals surface area (Å²) >= 11 is 0. The first-order valence-electron chi connectivity index (χ1n) is 8.76. The van der Waals surface area contributed by atoms with Gasteiger partial charge in [0.15, 0.2) is 0 Å². The highest BCUT2D eigenvalue weighted by Gasteiger charge is 2.18. The molecule has 1 aliphatic heterocycles. The van der Waals surface area contributed by atoms with Gasteiger partial charge in [-0.1, -0.05) is 0 Å². The van der Waals surface area contributed by atoms with Gasteiger partial charge in [-0.15, -0.1) is 12.4 Å². The maximum atomic E-state index is 13.3. The Labute approximate surface area is 170 Å². The number of hydrogen-bond acceptors (Lipinski definition) is 4. The van der Waals surface area contributed by atoms with E-state index in [1.54, 1.807) is 12.1 Å². The van der Waals surface area contributed by atoms with Gasteiger partial charge in [0.25, 0.3) is 15.9 Å². The molecule has 0 saturated carbocycles. The summed E-state index contributed by atoms with van der Waals surface area (Å²) < 4.78 is 40.6. The van der Waals surface area contributed by atoms with Crippen LogP contribution in [0.3, 0.4) is 0 Å². The van der Waals surface area contributed by atoms with Crippen molar-refractivity contribution in [3.63, 3.8) is 0 Å². The van der Waals surface area contributed by atoms with Gasteiger partial charge in [-0.25, -0.2) is 12.8 Å². The molecule has 152 valence electrons.